The molecule has 2 bridgehead atoms. The van der Waals surface area contributed by atoms with Crippen molar-refractivity contribution in [2.75, 3.05) is 10.2 Å². The van der Waals surface area contributed by atoms with Gasteiger partial charge in [-0.25, -0.2) is 0 Å². The van der Waals surface area contributed by atoms with Gasteiger partial charge in [-0.15, -0.1) is 4.40 Å². The fourth-order valence-corrected chi connectivity index (χ4v) is 6.81. The second-order valence-electron chi connectivity index (χ2n) is 8.85. The molecule has 6 rings (SSSR count). The average Bonchev–Trinajstić information content (AvgIpc) is 3.21. The van der Waals surface area contributed by atoms with Crippen molar-refractivity contribution in [1.82, 2.24) is 4.98 Å². The largest absolute Gasteiger partial charge is 0.366 e. The van der Waals surface area contributed by atoms with Crippen molar-refractivity contribution < 1.29 is 8.42 Å². The van der Waals surface area contributed by atoms with Crippen LogP contribution in [0.4, 0.5) is 11.4 Å². The molecule has 3 aromatic rings. The standard InChI is InChI=1S/C25H23ClN4O2S/c26-22-5-2-14-27-24(22)16-6-13-21-23(15-16)33(31,32)29-25(21)28-17-7-9-20(10-8-17)30-18-3-1-4-19(30)12-11-18/h2,5-10,13-15,18-19H,1,3-4,11-12H2,(H,28,29). The van der Waals surface area contributed by atoms with E-state index < -0.39 is 10.0 Å². The van der Waals surface area contributed by atoms with E-state index in [2.05, 4.69) is 31.7 Å². The fraction of sp³-hybridized carbons (Fsp3) is 0.280. The summed E-state index contributed by atoms with van der Waals surface area (Å²) >= 11 is 6.25. The van der Waals surface area contributed by atoms with Gasteiger partial charge in [0.05, 0.1) is 10.7 Å². The Hall–Kier alpha value is -2.90. The maximum Gasteiger partial charge on any atom is 0.285 e. The Balaban J connectivity index is 1.27. The minimum atomic E-state index is -3.80. The highest BCUT2D eigenvalue weighted by atomic mass is 35.5. The Bertz CT molecular complexity index is 1360. The number of amidine groups is 1. The van der Waals surface area contributed by atoms with Gasteiger partial charge < -0.3 is 10.2 Å². The van der Waals surface area contributed by atoms with Crippen LogP contribution < -0.4 is 10.2 Å². The molecule has 2 atom stereocenters. The molecule has 2 unspecified atom stereocenters. The molecule has 33 heavy (non-hydrogen) atoms. The fourth-order valence-electron chi connectivity index (χ4n) is 5.38. The van der Waals surface area contributed by atoms with Crippen molar-refractivity contribution in [3.63, 3.8) is 0 Å². The van der Waals surface area contributed by atoms with Crippen LogP contribution in [0.15, 0.2) is 70.1 Å². The summed E-state index contributed by atoms with van der Waals surface area (Å²) in [5.74, 6) is 0.328. The number of piperidine rings is 1. The van der Waals surface area contributed by atoms with Crippen LogP contribution in [-0.2, 0) is 10.0 Å². The molecule has 0 saturated carbocycles. The molecular weight excluding hydrogens is 456 g/mol. The number of hydrogen-bond donors (Lipinski definition) is 1. The highest BCUT2D eigenvalue weighted by Crippen LogP contribution is 2.39. The molecule has 1 aromatic heterocycles. The van der Waals surface area contributed by atoms with Gasteiger partial charge in [-0.3, -0.25) is 4.98 Å². The molecule has 2 saturated heterocycles. The van der Waals surface area contributed by atoms with Crippen LogP contribution in [0.25, 0.3) is 11.3 Å². The van der Waals surface area contributed by atoms with E-state index in [1.165, 1.54) is 37.8 Å². The molecule has 3 aliphatic rings. The van der Waals surface area contributed by atoms with E-state index in [-0.39, 0.29) is 4.90 Å². The Morgan fingerprint density at radius 2 is 1.73 bits per heavy atom. The molecule has 2 aromatic carbocycles. The first-order valence-electron chi connectivity index (χ1n) is 11.3. The predicted molar refractivity (Wildman–Crippen MR) is 132 cm³/mol. The summed E-state index contributed by atoms with van der Waals surface area (Å²) in [4.78, 5) is 7.02. The first-order valence-corrected chi connectivity index (χ1v) is 13.1. The van der Waals surface area contributed by atoms with Crippen LogP contribution in [0.5, 0.6) is 0 Å². The molecule has 3 aliphatic heterocycles. The third-order valence-electron chi connectivity index (χ3n) is 6.88. The number of aromatic nitrogens is 1. The molecule has 0 aliphatic carbocycles. The van der Waals surface area contributed by atoms with Crippen LogP contribution in [-0.4, -0.2) is 31.3 Å². The van der Waals surface area contributed by atoms with Crippen molar-refractivity contribution in [2.45, 2.75) is 49.1 Å². The third-order valence-corrected chi connectivity index (χ3v) is 8.50. The molecule has 0 spiro atoms. The van der Waals surface area contributed by atoms with Gasteiger partial charge in [-0.1, -0.05) is 17.7 Å². The molecule has 0 radical (unpaired) electrons. The van der Waals surface area contributed by atoms with Gasteiger partial charge in [0.15, 0.2) is 5.84 Å². The number of fused-ring (bicyclic) bond motifs is 3. The molecular formula is C25H23ClN4O2S. The summed E-state index contributed by atoms with van der Waals surface area (Å²) < 4.78 is 29.5. The number of hydrogen-bond acceptors (Lipinski definition) is 5. The lowest BCUT2D eigenvalue weighted by Gasteiger charge is -2.36. The highest BCUT2D eigenvalue weighted by Gasteiger charge is 2.36. The maximum absolute atomic E-state index is 12.8. The Kier molecular flexibility index (Phi) is 4.92. The predicted octanol–water partition coefficient (Wildman–Crippen LogP) is 5.48. The maximum atomic E-state index is 12.8. The molecule has 8 heteroatoms. The SMILES string of the molecule is O=S1(=O)N=C(Nc2ccc(N3C4CCCC3CC4)cc2)c2ccc(-c3ncccc3Cl)cc21. The van der Waals surface area contributed by atoms with E-state index >= 15 is 0 Å². The van der Waals surface area contributed by atoms with Gasteiger partial charge in [0.1, 0.15) is 4.90 Å². The number of rotatable bonds is 3. The quantitative estimate of drug-likeness (QED) is 0.539. The van der Waals surface area contributed by atoms with E-state index in [1.54, 1.807) is 30.5 Å². The van der Waals surface area contributed by atoms with Gasteiger partial charge in [-0.2, -0.15) is 8.42 Å². The summed E-state index contributed by atoms with van der Waals surface area (Å²) in [5.41, 5.74) is 3.78. The number of benzene rings is 2. The van der Waals surface area contributed by atoms with Crippen molar-refractivity contribution in [3.05, 3.63) is 71.4 Å². The molecule has 6 nitrogen and oxygen atoms in total. The number of pyridine rings is 1. The zero-order valence-electron chi connectivity index (χ0n) is 17.9. The lowest BCUT2D eigenvalue weighted by Crippen LogP contribution is -2.39. The van der Waals surface area contributed by atoms with Crippen molar-refractivity contribution in [1.29, 1.82) is 0 Å². The minimum Gasteiger partial charge on any atom is -0.366 e. The lowest BCUT2D eigenvalue weighted by atomic mass is 10.0. The zero-order valence-corrected chi connectivity index (χ0v) is 19.5. The van der Waals surface area contributed by atoms with Crippen molar-refractivity contribution in [3.8, 4) is 11.3 Å². The summed E-state index contributed by atoms with van der Waals surface area (Å²) in [6, 6.07) is 18.2. The van der Waals surface area contributed by atoms with Gasteiger partial charge in [0, 0.05) is 40.8 Å². The number of halogens is 1. The number of nitrogens with one attached hydrogen (secondary N) is 1. The van der Waals surface area contributed by atoms with Gasteiger partial charge in [-0.05, 0) is 80.6 Å². The second kappa shape index (κ2) is 7.85. The molecule has 168 valence electrons. The van der Waals surface area contributed by atoms with E-state index in [0.717, 1.165) is 5.69 Å². The number of anilines is 2. The summed E-state index contributed by atoms with van der Waals surface area (Å²) in [5, 5.41) is 3.67. The van der Waals surface area contributed by atoms with Crippen LogP contribution in [0.2, 0.25) is 5.02 Å². The van der Waals surface area contributed by atoms with Crippen LogP contribution >= 0.6 is 11.6 Å². The van der Waals surface area contributed by atoms with Crippen molar-refractivity contribution >= 4 is 38.8 Å². The molecule has 0 amide bonds. The highest BCUT2D eigenvalue weighted by molar-refractivity contribution is 7.90. The number of sulfonamides is 1. The van der Waals surface area contributed by atoms with Gasteiger partial charge >= 0.3 is 0 Å². The summed E-state index contributed by atoms with van der Waals surface area (Å²) in [7, 11) is -3.80. The zero-order chi connectivity index (χ0) is 22.6. The summed E-state index contributed by atoms with van der Waals surface area (Å²) in [6.45, 7) is 0. The minimum absolute atomic E-state index is 0.158. The lowest BCUT2D eigenvalue weighted by molar-refractivity contribution is 0.468. The normalized spacial score (nSPS) is 22.7. The first kappa shape index (κ1) is 20.7. The van der Waals surface area contributed by atoms with Gasteiger partial charge in [0.25, 0.3) is 10.0 Å². The smallest absolute Gasteiger partial charge is 0.285 e. The second-order valence-corrected chi connectivity index (χ2v) is 10.8. The Labute approximate surface area is 198 Å². The van der Waals surface area contributed by atoms with Crippen LogP contribution in [0, 0.1) is 0 Å². The van der Waals surface area contributed by atoms with E-state index in [4.69, 9.17) is 11.6 Å². The molecule has 4 heterocycles. The molecule has 2 fully saturated rings. The van der Waals surface area contributed by atoms with E-state index in [1.807, 2.05) is 18.2 Å². The monoisotopic (exact) mass is 478 g/mol. The van der Waals surface area contributed by atoms with Gasteiger partial charge in [0.2, 0.25) is 0 Å². The Morgan fingerprint density at radius 3 is 2.45 bits per heavy atom. The number of nitrogens with zero attached hydrogens (tertiary/aromatic N) is 3. The Morgan fingerprint density at radius 1 is 0.970 bits per heavy atom. The van der Waals surface area contributed by atoms with E-state index in [9.17, 15) is 8.42 Å². The van der Waals surface area contributed by atoms with Crippen molar-refractivity contribution in [2.24, 2.45) is 4.40 Å². The summed E-state index contributed by atoms with van der Waals surface area (Å²) in [6.07, 6.45) is 8.06. The van der Waals surface area contributed by atoms with Crippen LogP contribution in [0.3, 0.4) is 0 Å². The third kappa shape index (κ3) is 3.60. The topological polar surface area (TPSA) is 74.7 Å². The average molecular weight is 479 g/mol. The first-order chi connectivity index (χ1) is 16.0. The van der Waals surface area contributed by atoms with E-state index in [0.29, 0.717) is 39.8 Å². The van der Waals surface area contributed by atoms with Crippen LogP contribution in [0.1, 0.15) is 37.7 Å². The molecule has 1 N–H and O–H groups in total.